The van der Waals surface area contributed by atoms with Crippen molar-refractivity contribution in [2.24, 2.45) is 22.5 Å². The summed E-state index contributed by atoms with van der Waals surface area (Å²) in [6.07, 6.45) is 8.68. The molecule has 1 heterocycles. The molecule has 0 aromatic rings. The summed E-state index contributed by atoms with van der Waals surface area (Å²) in [4.78, 5) is 64.9. The van der Waals surface area contributed by atoms with Gasteiger partial charge in [0.2, 0.25) is 0 Å². The maximum Gasteiger partial charge on any atom is 2.00 e. The molecule has 4 rings (SSSR count). The van der Waals surface area contributed by atoms with Crippen LogP contribution in [0.3, 0.4) is 0 Å². The second-order valence-electron chi connectivity index (χ2n) is 10.7. The number of rotatable bonds is 7. The summed E-state index contributed by atoms with van der Waals surface area (Å²) in [7, 11) is 9.75. The fraction of sp³-hybridized carbons (Fsp3) is 0.769. The first-order valence-corrected chi connectivity index (χ1v) is 19.9. The summed E-state index contributed by atoms with van der Waals surface area (Å²) in [5.41, 5.74) is 17.2. The third-order valence-corrected chi connectivity index (χ3v) is 7.66. The zero-order valence-electron chi connectivity index (χ0n) is 27.8. The van der Waals surface area contributed by atoms with E-state index in [-0.39, 0.29) is 107 Å². The Morgan fingerprint density at radius 3 is 1.15 bits per heavy atom. The Morgan fingerprint density at radius 2 is 1.06 bits per heavy atom. The molecule has 4 aliphatic rings. The van der Waals surface area contributed by atoms with Gasteiger partial charge in [-0.25, -0.2) is 4.79 Å². The van der Waals surface area contributed by atoms with Crippen molar-refractivity contribution in [3.63, 3.8) is 0 Å². The molecule has 320 valence electrons. The summed E-state index contributed by atoms with van der Waals surface area (Å²) in [6, 6.07) is 0.465. The van der Waals surface area contributed by atoms with E-state index in [1.54, 1.807) is 0 Å². The SMILES string of the molecule is NC[C@@H]1CCCN1.NOC(=O)C1(C(=O)O)CCC1.O=C(O)C1(C(=O)O)CCC1.O=C(O)CC(=O)O.[Cl][Pt+2][Cl].[NH-]C1CCCC[C@@H]1[NH-].[NH2-].[NH2-].[NH2-].[Pt+2].[Pt+2].[Pt]. The largest absolute Gasteiger partial charge is 2.00 e. The van der Waals surface area contributed by atoms with E-state index in [2.05, 4.69) is 16.1 Å². The molecule has 4 fully saturated rings. The molecule has 0 aromatic heterocycles. The zero-order chi connectivity index (χ0) is 35.9. The van der Waals surface area contributed by atoms with Crippen molar-refractivity contribution in [3.8, 4) is 0 Å². The third-order valence-electron chi connectivity index (χ3n) is 7.66. The number of carboxylic acid groups (broad SMARTS) is 5. The van der Waals surface area contributed by atoms with E-state index in [0.29, 0.717) is 25.3 Å². The number of hydrogen-bond donors (Lipinski definition) is 8. The van der Waals surface area contributed by atoms with Crippen LogP contribution in [-0.2, 0) is 113 Å². The quantitative estimate of drug-likeness (QED) is 0.121. The van der Waals surface area contributed by atoms with Crippen LogP contribution in [-0.4, -0.2) is 92.6 Å². The van der Waals surface area contributed by atoms with Gasteiger partial charge < -0.3 is 71.3 Å². The molecule has 26 heteroatoms. The van der Waals surface area contributed by atoms with Gasteiger partial charge in [-0.15, -0.1) is 0 Å². The average Bonchev–Trinajstić information content (AvgIpc) is 3.44. The van der Waals surface area contributed by atoms with Crippen LogP contribution >= 0.6 is 18.8 Å². The van der Waals surface area contributed by atoms with Crippen molar-refractivity contribution < 1.29 is 139 Å². The molecule has 0 aromatic carbocycles. The molecular weight excluding hydrogens is 1470 g/mol. The number of halogens is 2. The molecule has 0 radical (unpaired) electrons. The van der Waals surface area contributed by atoms with Crippen LogP contribution < -0.4 is 16.9 Å². The predicted octanol–water partition coefficient (Wildman–Crippen LogP) is 5.15. The first kappa shape index (κ1) is 69.7. The number of carboxylic acids is 5. The van der Waals surface area contributed by atoms with Crippen LogP contribution in [0.2, 0.25) is 0 Å². The first-order valence-electron chi connectivity index (χ1n) is 14.2. The van der Waals surface area contributed by atoms with Crippen LogP contribution in [0.1, 0.15) is 83.5 Å². The summed E-state index contributed by atoms with van der Waals surface area (Å²) in [5.74, 6) is -2.41. The summed E-state index contributed by atoms with van der Waals surface area (Å²) in [5, 5.41) is 44.3. The minimum atomic E-state index is -1.44. The zero-order valence-corrected chi connectivity index (χ0v) is 38.4. The molecule has 3 aliphatic carbocycles. The second kappa shape index (κ2) is 39.1. The minimum absolute atomic E-state index is 0. The molecule has 0 spiro atoms. The van der Waals surface area contributed by atoms with Crippen molar-refractivity contribution >= 4 is 54.7 Å². The van der Waals surface area contributed by atoms with Gasteiger partial charge in [0.15, 0.2) is 10.8 Å². The molecule has 0 bridgehead atoms. The number of hydrogen-bond acceptors (Lipinski definition) is 10. The number of carbonyl (C=O) groups excluding carboxylic acids is 1. The first-order chi connectivity index (χ1) is 21.5. The second-order valence-corrected chi connectivity index (χ2v) is 14.0. The fourth-order valence-corrected chi connectivity index (χ4v) is 4.42. The predicted molar refractivity (Wildman–Crippen MR) is 178 cm³/mol. The van der Waals surface area contributed by atoms with E-state index in [0.717, 1.165) is 25.8 Å². The van der Waals surface area contributed by atoms with Crippen molar-refractivity contribution in [1.29, 1.82) is 0 Å². The number of nitrogens with two attached hydrogens (primary N) is 5. The molecule has 3 atom stereocenters. The Bertz CT molecular complexity index is 952. The van der Waals surface area contributed by atoms with Crippen LogP contribution in [0.5, 0.6) is 0 Å². The standard InChI is InChI=1S/C6H12N2.C6H9NO4.C6H8O4.C5H12N2.C3H4O4.2ClH.3H2N.4Pt/c7-5-3-1-2-4-6(5)8;7-11-5(10)6(4(8)9)2-1-3-6;7-4(8)6(5(9)10)2-1-3-6;6-4-5-2-1-3-7-5;4-2(5)1-3(6)7;;;;;;;;;/h5-8H,1-4H2;1-3,7H2,(H,8,9);1-3H2,(H,7,8)(H,9,10);5,7H,1-4,6H2;1H2,(H,4,5)(H,6,7);2*1H;3*1H2;;;;/q-2;;;;;;;3*-1;;2*+2;+4/p-2/t5-,6?;;;5-;;;;;;;;;;/m0..0........../s1. The molecular formula is C26H51Cl2N8O12Pt4+. The van der Waals surface area contributed by atoms with Crippen molar-refractivity contribution in [2.75, 3.05) is 13.1 Å². The Hall–Kier alpha value is -0.167. The number of nitrogens with one attached hydrogen (secondary N) is 3. The monoisotopic (exact) mass is 1520 g/mol. The van der Waals surface area contributed by atoms with Crippen LogP contribution in [0.4, 0.5) is 0 Å². The normalized spacial score (nSPS) is 20.2. The Labute approximate surface area is 362 Å². The fourth-order valence-electron chi connectivity index (χ4n) is 4.42. The van der Waals surface area contributed by atoms with Gasteiger partial charge in [0, 0.05) is 33.7 Å². The van der Waals surface area contributed by atoms with Crippen molar-refractivity contribution in [2.45, 2.75) is 102 Å². The van der Waals surface area contributed by atoms with Gasteiger partial charge in [0.25, 0.3) is 0 Å². The molecule has 3 saturated carbocycles. The summed E-state index contributed by atoms with van der Waals surface area (Å²) < 4.78 is 0. The molecule has 1 saturated heterocycles. The van der Waals surface area contributed by atoms with Crippen LogP contribution in [0.15, 0.2) is 0 Å². The molecule has 18 N–H and O–H groups in total. The van der Waals surface area contributed by atoms with Gasteiger partial charge in [0.05, 0.1) is 0 Å². The molecule has 52 heavy (non-hydrogen) atoms. The molecule has 1 aliphatic heterocycles. The Balaban J connectivity index is -0.0000000746. The van der Waals surface area contributed by atoms with E-state index < -0.39 is 69.5 Å². The number of carbonyl (C=O) groups is 6. The van der Waals surface area contributed by atoms with Crippen molar-refractivity contribution in [3.05, 3.63) is 29.9 Å². The van der Waals surface area contributed by atoms with Gasteiger partial charge in [-0.2, -0.15) is 18.0 Å². The smallest absolute Gasteiger partial charge is 0.693 e. The van der Waals surface area contributed by atoms with E-state index in [1.807, 2.05) is 0 Å². The van der Waals surface area contributed by atoms with E-state index in [1.165, 1.54) is 32.2 Å². The minimum Gasteiger partial charge on any atom is -0.693 e. The van der Waals surface area contributed by atoms with Crippen molar-refractivity contribution in [1.82, 2.24) is 5.32 Å². The van der Waals surface area contributed by atoms with Gasteiger partial charge in [-0.1, -0.05) is 25.7 Å². The van der Waals surface area contributed by atoms with Gasteiger partial charge in [0.1, 0.15) is 6.42 Å². The van der Waals surface area contributed by atoms with E-state index >= 15 is 0 Å². The van der Waals surface area contributed by atoms with Crippen LogP contribution in [0, 0.1) is 10.8 Å². The Kier molecular flexibility index (Phi) is 52.4. The maximum absolute atomic E-state index is 10.8. The summed E-state index contributed by atoms with van der Waals surface area (Å²) in [6.45, 7) is 1.97. The molecule has 1 unspecified atom stereocenters. The maximum atomic E-state index is 10.8. The third kappa shape index (κ3) is 27.4. The molecule has 0 amide bonds. The van der Waals surface area contributed by atoms with E-state index in [4.69, 9.17) is 61.6 Å². The Morgan fingerprint density at radius 1 is 0.712 bits per heavy atom. The molecule has 20 nitrogen and oxygen atoms in total. The van der Waals surface area contributed by atoms with Gasteiger partial charge in [-0.3, -0.25) is 24.0 Å². The number of aliphatic carboxylic acids is 5. The van der Waals surface area contributed by atoms with Crippen LogP contribution in [0.25, 0.3) is 29.9 Å². The van der Waals surface area contributed by atoms with Gasteiger partial charge in [-0.05, 0) is 57.9 Å². The van der Waals surface area contributed by atoms with E-state index in [9.17, 15) is 28.8 Å². The topological polar surface area (TPSA) is 425 Å². The summed E-state index contributed by atoms with van der Waals surface area (Å²) >= 11 is -0.472. The average molecular weight is 1520 g/mol. The van der Waals surface area contributed by atoms with Gasteiger partial charge >= 0.3 is 113 Å².